The molecule has 126 valence electrons. The number of thioether (sulfide) groups is 1. The van der Waals surface area contributed by atoms with Gasteiger partial charge in [-0.15, -0.1) is 11.3 Å². The molecule has 4 nitrogen and oxygen atoms in total. The van der Waals surface area contributed by atoms with Gasteiger partial charge in [-0.3, -0.25) is 9.36 Å². The van der Waals surface area contributed by atoms with Crippen LogP contribution in [0, 0.1) is 30.6 Å². The van der Waals surface area contributed by atoms with Crippen molar-refractivity contribution in [3.8, 4) is 6.07 Å². The van der Waals surface area contributed by atoms with Crippen molar-refractivity contribution >= 4 is 33.3 Å². The summed E-state index contributed by atoms with van der Waals surface area (Å²) in [6.45, 7) is 4.08. The lowest BCUT2D eigenvalue weighted by molar-refractivity contribution is 0.457. The summed E-state index contributed by atoms with van der Waals surface area (Å²) in [4.78, 5) is 20.1. The Morgan fingerprint density at radius 2 is 2.08 bits per heavy atom. The molecule has 2 aliphatic carbocycles. The van der Waals surface area contributed by atoms with E-state index in [0.717, 1.165) is 52.4 Å². The van der Waals surface area contributed by atoms with Gasteiger partial charge in [0.1, 0.15) is 4.83 Å². The Balaban J connectivity index is 1.82. The van der Waals surface area contributed by atoms with Crippen LogP contribution < -0.4 is 5.56 Å². The molecule has 2 aromatic heterocycles. The van der Waals surface area contributed by atoms with Gasteiger partial charge in [0, 0.05) is 16.7 Å². The van der Waals surface area contributed by atoms with Crippen molar-refractivity contribution in [3.05, 3.63) is 20.8 Å². The fourth-order valence-corrected chi connectivity index (χ4v) is 5.88. The number of aromatic nitrogens is 2. The van der Waals surface area contributed by atoms with Crippen molar-refractivity contribution < 1.29 is 0 Å². The van der Waals surface area contributed by atoms with E-state index in [1.54, 1.807) is 23.1 Å². The molecular weight excluding hydrogens is 338 g/mol. The maximum absolute atomic E-state index is 13.2. The van der Waals surface area contributed by atoms with Crippen LogP contribution in [0.5, 0.6) is 0 Å². The van der Waals surface area contributed by atoms with Gasteiger partial charge in [0.15, 0.2) is 5.16 Å². The van der Waals surface area contributed by atoms with E-state index in [1.807, 2.05) is 11.5 Å². The molecule has 2 aliphatic rings. The average Bonchev–Trinajstić information content (AvgIpc) is 3.03. The van der Waals surface area contributed by atoms with Crippen LogP contribution in [0.15, 0.2) is 9.95 Å². The van der Waals surface area contributed by atoms with Crippen LogP contribution in [0.25, 0.3) is 10.2 Å². The molecule has 4 rings (SSSR count). The number of hydrogen-bond donors (Lipinski definition) is 0. The summed E-state index contributed by atoms with van der Waals surface area (Å²) in [5.41, 5.74) is 1.02. The van der Waals surface area contributed by atoms with Crippen LogP contribution in [-0.2, 0) is 0 Å². The quantitative estimate of drug-likeness (QED) is 0.592. The molecule has 6 heteroatoms. The number of thiophene rings is 1. The minimum atomic E-state index is -0.181. The van der Waals surface area contributed by atoms with Crippen molar-refractivity contribution in [1.29, 1.82) is 5.26 Å². The lowest BCUT2D eigenvalue weighted by Crippen LogP contribution is -2.26. The fraction of sp³-hybridized carbons (Fsp3) is 0.611. The third-order valence-corrected chi connectivity index (χ3v) is 7.81. The molecule has 0 unspecified atom stereocenters. The minimum absolute atomic E-state index is 0.123. The molecule has 0 spiro atoms. The molecule has 2 saturated carbocycles. The van der Waals surface area contributed by atoms with Crippen molar-refractivity contribution in [2.75, 3.05) is 5.75 Å². The second kappa shape index (κ2) is 5.89. The highest BCUT2D eigenvalue weighted by atomic mass is 32.2. The van der Waals surface area contributed by atoms with Gasteiger partial charge in [0.2, 0.25) is 0 Å². The van der Waals surface area contributed by atoms with Crippen LogP contribution in [0.2, 0.25) is 0 Å². The number of aryl methyl sites for hydroxylation is 2. The summed E-state index contributed by atoms with van der Waals surface area (Å²) in [6.07, 6.45) is 6.44. The highest BCUT2D eigenvalue weighted by Gasteiger charge is 2.43. The van der Waals surface area contributed by atoms with E-state index in [0.29, 0.717) is 0 Å². The van der Waals surface area contributed by atoms with E-state index in [2.05, 4.69) is 13.0 Å². The van der Waals surface area contributed by atoms with Gasteiger partial charge < -0.3 is 0 Å². The summed E-state index contributed by atoms with van der Waals surface area (Å²) in [7, 11) is 0. The lowest BCUT2D eigenvalue weighted by atomic mass is 10.2. The molecule has 0 atom stereocenters. The Hall–Kier alpha value is -1.32. The molecular formula is C18H21N3OS2. The standard InChI is InChI=1S/C18H21N3OS2/c1-11-12(2)24-15-14(11)16(22)21(13-5-3-4-6-13)17(20-15)23-10-18(9-19)7-8-18/h13H,3-8,10H2,1-2H3. The zero-order valence-electron chi connectivity index (χ0n) is 14.1. The largest absolute Gasteiger partial charge is 0.284 e. The molecule has 0 N–H and O–H groups in total. The van der Waals surface area contributed by atoms with E-state index in [1.165, 1.54) is 17.7 Å². The second-order valence-corrected chi connectivity index (χ2v) is 9.30. The van der Waals surface area contributed by atoms with Crippen LogP contribution in [0.1, 0.15) is 55.0 Å². The third-order valence-electron chi connectivity index (χ3n) is 5.46. The van der Waals surface area contributed by atoms with Gasteiger partial charge in [0.25, 0.3) is 5.56 Å². The smallest absolute Gasteiger partial charge is 0.263 e. The van der Waals surface area contributed by atoms with Crippen molar-refractivity contribution in [1.82, 2.24) is 9.55 Å². The van der Waals surface area contributed by atoms with Crippen LogP contribution in [0.4, 0.5) is 0 Å². The monoisotopic (exact) mass is 359 g/mol. The normalized spacial score (nSPS) is 19.7. The summed E-state index contributed by atoms with van der Waals surface area (Å²) in [5.74, 6) is 0.748. The zero-order valence-corrected chi connectivity index (χ0v) is 15.7. The van der Waals surface area contributed by atoms with Crippen molar-refractivity contribution in [2.45, 2.75) is 63.6 Å². The van der Waals surface area contributed by atoms with Gasteiger partial charge in [-0.05, 0) is 45.1 Å². The van der Waals surface area contributed by atoms with Crippen LogP contribution in [-0.4, -0.2) is 15.3 Å². The first-order valence-electron chi connectivity index (χ1n) is 8.61. The minimum Gasteiger partial charge on any atom is -0.284 e. The second-order valence-electron chi connectivity index (χ2n) is 7.15. The predicted molar refractivity (Wildman–Crippen MR) is 98.9 cm³/mol. The molecule has 0 bridgehead atoms. The van der Waals surface area contributed by atoms with Gasteiger partial charge in [-0.2, -0.15) is 5.26 Å². The first-order valence-corrected chi connectivity index (χ1v) is 10.4. The number of hydrogen-bond acceptors (Lipinski definition) is 5. The molecule has 0 radical (unpaired) electrons. The summed E-state index contributed by atoms with van der Waals surface area (Å²) >= 11 is 3.22. The Morgan fingerprint density at radius 3 is 2.71 bits per heavy atom. The molecule has 0 amide bonds. The fourth-order valence-electron chi connectivity index (χ4n) is 3.52. The molecule has 0 aromatic carbocycles. The van der Waals surface area contributed by atoms with Crippen LogP contribution in [0.3, 0.4) is 0 Å². The van der Waals surface area contributed by atoms with Gasteiger partial charge >= 0.3 is 0 Å². The number of nitriles is 1. The molecule has 2 fully saturated rings. The topological polar surface area (TPSA) is 58.7 Å². The number of rotatable bonds is 4. The molecule has 2 heterocycles. The number of fused-ring (bicyclic) bond motifs is 1. The van der Waals surface area contributed by atoms with E-state index in [9.17, 15) is 10.1 Å². The lowest BCUT2D eigenvalue weighted by Gasteiger charge is -2.18. The third kappa shape index (κ3) is 2.58. The van der Waals surface area contributed by atoms with E-state index < -0.39 is 0 Å². The first-order chi connectivity index (χ1) is 11.5. The highest BCUT2D eigenvalue weighted by Crippen LogP contribution is 2.48. The molecule has 2 aromatic rings. The van der Waals surface area contributed by atoms with Crippen molar-refractivity contribution in [3.63, 3.8) is 0 Å². The Morgan fingerprint density at radius 1 is 1.38 bits per heavy atom. The Bertz CT molecular complexity index is 896. The number of nitrogens with zero attached hydrogens (tertiary/aromatic N) is 3. The summed E-state index contributed by atoms with van der Waals surface area (Å²) in [5, 5.41) is 11.0. The molecule has 0 aliphatic heterocycles. The maximum Gasteiger partial charge on any atom is 0.263 e. The summed E-state index contributed by atoms with van der Waals surface area (Å²) in [6, 6.07) is 2.72. The SMILES string of the molecule is Cc1sc2nc(SCC3(C#N)CC3)n(C3CCCC3)c(=O)c2c1C. The predicted octanol–water partition coefficient (Wildman–Crippen LogP) is 4.59. The molecule has 0 saturated heterocycles. The molecule has 24 heavy (non-hydrogen) atoms. The van der Waals surface area contributed by atoms with E-state index >= 15 is 0 Å². The van der Waals surface area contributed by atoms with Crippen molar-refractivity contribution in [2.24, 2.45) is 5.41 Å². The average molecular weight is 360 g/mol. The Labute approximate surface area is 149 Å². The van der Waals surface area contributed by atoms with Crippen LogP contribution >= 0.6 is 23.1 Å². The van der Waals surface area contributed by atoms with E-state index in [4.69, 9.17) is 4.98 Å². The van der Waals surface area contributed by atoms with Gasteiger partial charge in [-0.25, -0.2) is 4.98 Å². The van der Waals surface area contributed by atoms with E-state index in [-0.39, 0.29) is 17.0 Å². The Kier molecular flexibility index (Phi) is 3.97. The van der Waals surface area contributed by atoms with Gasteiger partial charge in [-0.1, -0.05) is 24.6 Å². The highest BCUT2D eigenvalue weighted by molar-refractivity contribution is 7.99. The summed E-state index contributed by atoms with van der Waals surface area (Å²) < 4.78 is 1.95. The first kappa shape index (κ1) is 16.2. The van der Waals surface area contributed by atoms with Gasteiger partial charge in [0.05, 0.1) is 16.9 Å². The maximum atomic E-state index is 13.2. The zero-order chi connectivity index (χ0) is 16.9.